The molecule has 1 N–H and O–H groups in total. The van der Waals surface area contributed by atoms with Gasteiger partial charge in [-0.2, -0.15) is 0 Å². The van der Waals surface area contributed by atoms with Gasteiger partial charge in [0.1, 0.15) is 6.61 Å². The van der Waals surface area contributed by atoms with Crippen LogP contribution in [0.1, 0.15) is 6.92 Å². The maximum absolute atomic E-state index is 11.4. The van der Waals surface area contributed by atoms with Crippen LogP contribution in [-0.4, -0.2) is 32.1 Å². The number of carbonyl (C=O) groups is 1. The number of halogens is 2. The molecule has 0 aliphatic carbocycles. The van der Waals surface area contributed by atoms with Crippen molar-refractivity contribution in [2.75, 3.05) is 19.8 Å². The molecule has 0 saturated heterocycles. The van der Waals surface area contributed by atoms with Crippen LogP contribution in [0.25, 0.3) is 0 Å². The Morgan fingerprint density at radius 3 is 2.73 bits per heavy atom. The highest BCUT2D eigenvalue weighted by Gasteiger charge is 2.00. The molecule has 0 aliphatic heterocycles. The topological polar surface area (TPSA) is 38.3 Å². The number of carbonyl (C=O) groups excluding carboxylic acids is 1. The summed E-state index contributed by atoms with van der Waals surface area (Å²) in [5, 5.41) is 2.41. The average Bonchev–Trinajstić information content (AvgIpc) is 1.85. The summed E-state index contributed by atoms with van der Waals surface area (Å²) in [5.41, 5.74) is 0. The molecule has 0 fully saturated rings. The molecule has 0 bridgehead atoms. The van der Waals surface area contributed by atoms with E-state index in [0.717, 1.165) is 0 Å². The minimum Gasteiger partial charge on any atom is -0.374 e. The van der Waals surface area contributed by atoms with E-state index in [0.29, 0.717) is 0 Å². The fourth-order valence-corrected chi connectivity index (χ4v) is 0.472. The van der Waals surface area contributed by atoms with E-state index in [9.17, 15) is 13.6 Å². The van der Waals surface area contributed by atoms with Crippen LogP contribution in [0.2, 0.25) is 0 Å². The van der Waals surface area contributed by atoms with Crippen LogP contribution < -0.4 is 5.32 Å². The predicted molar refractivity (Wildman–Crippen MR) is 35.5 cm³/mol. The van der Waals surface area contributed by atoms with E-state index in [1.807, 2.05) is 0 Å². The van der Waals surface area contributed by atoms with Gasteiger partial charge >= 0.3 is 0 Å². The summed E-state index contributed by atoms with van der Waals surface area (Å²) in [7, 11) is 0. The minimum absolute atomic E-state index is 0.129. The SMILES string of the molecule is CC(=O)NCCOCC(F)F. The smallest absolute Gasteiger partial charge is 0.261 e. The zero-order chi connectivity index (χ0) is 8.69. The van der Waals surface area contributed by atoms with Crippen molar-refractivity contribution in [1.29, 1.82) is 0 Å². The monoisotopic (exact) mass is 167 g/mol. The molecular weight excluding hydrogens is 156 g/mol. The highest BCUT2D eigenvalue weighted by molar-refractivity contribution is 5.72. The molecule has 0 aromatic carbocycles. The van der Waals surface area contributed by atoms with Gasteiger partial charge in [0.05, 0.1) is 6.61 Å². The molecule has 0 aromatic rings. The molecule has 66 valence electrons. The van der Waals surface area contributed by atoms with Crippen molar-refractivity contribution in [3.05, 3.63) is 0 Å². The molecule has 0 radical (unpaired) electrons. The first-order valence-electron chi connectivity index (χ1n) is 3.23. The Hall–Kier alpha value is -0.710. The summed E-state index contributed by atoms with van der Waals surface area (Å²) in [6, 6.07) is 0. The van der Waals surface area contributed by atoms with E-state index in [2.05, 4.69) is 10.1 Å². The minimum atomic E-state index is -2.44. The lowest BCUT2D eigenvalue weighted by atomic mass is 10.6. The Morgan fingerprint density at radius 1 is 1.64 bits per heavy atom. The van der Waals surface area contributed by atoms with Gasteiger partial charge in [0.2, 0.25) is 5.91 Å². The van der Waals surface area contributed by atoms with Crippen LogP contribution in [0.3, 0.4) is 0 Å². The lowest BCUT2D eigenvalue weighted by Crippen LogP contribution is -2.25. The van der Waals surface area contributed by atoms with Crippen LogP contribution in [0, 0.1) is 0 Å². The van der Waals surface area contributed by atoms with Gasteiger partial charge in [0.15, 0.2) is 0 Å². The molecule has 0 aromatic heterocycles. The molecule has 1 amide bonds. The van der Waals surface area contributed by atoms with Crippen molar-refractivity contribution >= 4 is 5.91 Å². The Bertz CT molecular complexity index is 119. The van der Waals surface area contributed by atoms with Crippen LogP contribution in [-0.2, 0) is 9.53 Å². The molecule has 0 spiro atoms. The molecular formula is C6H11F2NO2. The Morgan fingerprint density at radius 2 is 2.27 bits per heavy atom. The van der Waals surface area contributed by atoms with Gasteiger partial charge < -0.3 is 10.1 Å². The number of alkyl halides is 2. The maximum Gasteiger partial charge on any atom is 0.261 e. The Kier molecular flexibility index (Phi) is 5.64. The zero-order valence-corrected chi connectivity index (χ0v) is 6.27. The van der Waals surface area contributed by atoms with Crippen molar-refractivity contribution in [2.45, 2.75) is 13.3 Å². The summed E-state index contributed by atoms with van der Waals surface area (Å²) in [5.74, 6) is -0.189. The lowest BCUT2D eigenvalue weighted by molar-refractivity contribution is -0.119. The Balaban J connectivity index is 2.97. The van der Waals surface area contributed by atoms with Gasteiger partial charge in [-0.05, 0) is 0 Å². The van der Waals surface area contributed by atoms with Crippen LogP contribution >= 0.6 is 0 Å². The van der Waals surface area contributed by atoms with Gasteiger partial charge in [-0.3, -0.25) is 4.79 Å². The molecule has 0 saturated carbocycles. The second-order valence-electron chi connectivity index (χ2n) is 1.95. The van der Waals surface area contributed by atoms with E-state index in [1.165, 1.54) is 6.92 Å². The number of hydrogen-bond acceptors (Lipinski definition) is 2. The first-order valence-corrected chi connectivity index (χ1v) is 3.23. The second kappa shape index (κ2) is 6.03. The van der Waals surface area contributed by atoms with Crippen molar-refractivity contribution in [1.82, 2.24) is 5.32 Å². The maximum atomic E-state index is 11.4. The Labute approximate surface area is 63.7 Å². The van der Waals surface area contributed by atoms with Crippen molar-refractivity contribution in [3.8, 4) is 0 Å². The molecule has 0 atom stereocenters. The third-order valence-corrected chi connectivity index (χ3v) is 0.864. The van der Waals surface area contributed by atoms with Gasteiger partial charge in [-0.15, -0.1) is 0 Å². The third-order valence-electron chi connectivity index (χ3n) is 0.864. The lowest BCUT2D eigenvalue weighted by Gasteiger charge is -2.02. The second-order valence-corrected chi connectivity index (χ2v) is 1.95. The summed E-state index contributed by atoms with van der Waals surface area (Å²) < 4.78 is 27.3. The molecule has 3 nitrogen and oxygen atoms in total. The first kappa shape index (κ1) is 10.3. The number of hydrogen-bond donors (Lipinski definition) is 1. The third kappa shape index (κ3) is 9.29. The van der Waals surface area contributed by atoms with Crippen LogP contribution in [0.4, 0.5) is 8.78 Å². The van der Waals surface area contributed by atoms with E-state index in [4.69, 9.17) is 0 Å². The quantitative estimate of drug-likeness (QED) is 0.602. The summed E-state index contributed by atoms with van der Waals surface area (Å²) in [6.45, 7) is 1.19. The highest BCUT2D eigenvalue weighted by atomic mass is 19.3. The molecule has 0 rings (SSSR count). The van der Waals surface area contributed by atoms with E-state index in [-0.39, 0.29) is 19.1 Å². The van der Waals surface area contributed by atoms with Crippen LogP contribution in [0.15, 0.2) is 0 Å². The fourth-order valence-electron chi connectivity index (χ4n) is 0.472. The summed E-state index contributed by atoms with van der Waals surface area (Å²) in [6.07, 6.45) is -2.44. The van der Waals surface area contributed by atoms with Crippen molar-refractivity contribution in [2.24, 2.45) is 0 Å². The summed E-state index contributed by atoms with van der Waals surface area (Å²) >= 11 is 0. The van der Waals surface area contributed by atoms with Gasteiger partial charge in [-0.1, -0.05) is 0 Å². The number of rotatable bonds is 5. The number of nitrogens with one attached hydrogen (secondary N) is 1. The van der Waals surface area contributed by atoms with Crippen LogP contribution in [0.5, 0.6) is 0 Å². The van der Waals surface area contributed by atoms with Crippen molar-refractivity contribution < 1.29 is 18.3 Å². The number of ether oxygens (including phenoxy) is 1. The number of amides is 1. The van der Waals surface area contributed by atoms with Crippen molar-refractivity contribution in [3.63, 3.8) is 0 Å². The first-order chi connectivity index (χ1) is 5.13. The molecule has 0 heterocycles. The zero-order valence-electron chi connectivity index (χ0n) is 6.27. The predicted octanol–water partition coefficient (Wildman–Crippen LogP) is 0.404. The largest absolute Gasteiger partial charge is 0.374 e. The normalized spacial score (nSPS) is 10.2. The van der Waals surface area contributed by atoms with E-state index >= 15 is 0 Å². The molecule has 5 heteroatoms. The molecule has 11 heavy (non-hydrogen) atoms. The molecule has 0 unspecified atom stereocenters. The summed E-state index contributed by atoms with van der Waals surface area (Å²) in [4.78, 5) is 10.2. The highest BCUT2D eigenvalue weighted by Crippen LogP contribution is 1.90. The average molecular weight is 167 g/mol. The fraction of sp³-hybridized carbons (Fsp3) is 0.833. The van der Waals surface area contributed by atoms with Gasteiger partial charge in [0.25, 0.3) is 6.43 Å². The standard InChI is InChI=1S/C6H11F2NO2/c1-5(10)9-2-3-11-4-6(7)8/h6H,2-4H2,1H3,(H,9,10). The van der Waals surface area contributed by atoms with E-state index in [1.54, 1.807) is 0 Å². The molecule has 0 aliphatic rings. The van der Waals surface area contributed by atoms with E-state index < -0.39 is 13.0 Å². The van der Waals surface area contributed by atoms with Gasteiger partial charge in [-0.25, -0.2) is 8.78 Å². The van der Waals surface area contributed by atoms with Gasteiger partial charge in [0, 0.05) is 13.5 Å².